The van der Waals surface area contributed by atoms with E-state index in [9.17, 15) is 4.79 Å². The molecule has 84 valence electrons. The number of aromatic nitrogens is 2. The van der Waals surface area contributed by atoms with Crippen LogP contribution in [0.25, 0.3) is 0 Å². The van der Waals surface area contributed by atoms with E-state index < -0.39 is 6.04 Å². The Morgan fingerprint density at radius 3 is 2.93 bits per heavy atom. The Morgan fingerprint density at radius 1 is 1.67 bits per heavy atom. The van der Waals surface area contributed by atoms with Crippen LogP contribution in [0.2, 0.25) is 0 Å². The van der Waals surface area contributed by atoms with Crippen molar-refractivity contribution in [3.8, 4) is 0 Å². The van der Waals surface area contributed by atoms with Crippen molar-refractivity contribution in [1.82, 2.24) is 10.2 Å². The number of hydrogen-bond donors (Lipinski definition) is 1. The standard InChI is InChI=1S/C8H13N3O2S2/c1-3-13-7(12)6(9)4-14-8-11-10-5(2)15-8/h6H,3-4,9H2,1-2H3. The topological polar surface area (TPSA) is 78.1 Å². The number of thioether (sulfide) groups is 1. The molecule has 1 aromatic heterocycles. The van der Waals surface area contributed by atoms with Gasteiger partial charge >= 0.3 is 5.97 Å². The summed E-state index contributed by atoms with van der Waals surface area (Å²) in [4.78, 5) is 11.2. The summed E-state index contributed by atoms with van der Waals surface area (Å²) < 4.78 is 5.61. The second-order valence-electron chi connectivity index (χ2n) is 2.76. The molecule has 0 aliphatic carbocycles. The van der Waals surface area contributed by atoms with Crippen molar-refractivity contribution in [2.75, 3.05) is 12.4 Å². The van der Waals surface area contributed by atoms with E-state index in [0.29, 0.717) is 12.4 Å². The third kappa shape index (κ3) is 4.15. The number of esters is 1. The van der Waals surface area contributed by atoms with Crippen molar-refractivity contribution in [3.05, 3.63) is 5.01 Å². The number of hydrogen-bond acceptors (Lipinski definition) is 7. The van der Waals surface area contributed by atoms with Gasteiger partial charge in [-0.15, -0.1) is 10.2 Å². The minimum atomic E-state index is -0.598. The summed E-state index contributed by atoms with van der Waals surface area (Å²) in [5, 5.41) is 8.69. The van der Waals surface area contributed by atoms with Crippen LogP contribution in [0.5, 0.6) is 0 Å². The normalized spacial score (nSPS) is 12.5. The molecule has 1 rings (SSSR count). The summed E-state index contributed by atoms with van der Waals surface area (Å²) in [5.74, 6) is 0.0965. The van der Waals surface area contributed by atoms with E-state index in [-0.39, 0.29) is 5.97 Å². The summed E-state index contributed by atoms with van der Waals surface area (Å²) in [7, 11) is 0. The summed E-state index contributed by atoms with van der Waals surface area (Å²) in [6.45, 7) is 3.99. The molecule has 1 unspecified atom stereocenters. The first-order valence-electron chi connectivity index (χ1n) is 4.48. The molecule has 1 aromatic rings. The first-order chi connectivity index (χ1) is 7.13. The Bertz CT molecular complexity index is 329. The van der Waals surface area contributed by atoms with Crippen LogP contribution in [0.1, 0.15) is 11.9 Å². The summed E-state index contributed by atoms with van der Waals surface area (Å²) in [6.07, 6.45) is 0. The first-order valence-corrected chi connectivity index (χ1v) is 6.28. The Labute approximate surface area is 96.4 Å². The maximum Gasteiger partial charge on any atom is 0.323 e. The zero-order valence-corrected chi connectivity index (χ0v) is 10.2. The Kier molecular flexibility index (Phi) is 5.00. The molecule has 0 aliphatic rings. The van der Waals surface area contributed by atoms with Crippen LogP contribution >= 0.6 is 23.1 Å². The van der Waals surface area contributed by atoms with Crippen LogP contribution in [0.4, 0.5) is 0 Å². The number of nitrogens with zero attached hydrogens (tertiary/aromatic N) is 2. The average molecular weight is 247 g/mol. The van der Waals surface area contributed by atoms with Gasteiger partial charge in [-0.1, -0.05) is 23.1 Å². The lowest BCUT2D eigenvalue weighted by Crippen LogP contribution is -2.34. The Balaban J connectivity index is 2.33. The monoisotopic (exact) mass is 247 g/mol. The van der Waals surface area contributed by atoms with Crippen LogP contribution in [-0.2, 0) is 9.53 Å². The van der Waals surface area contributed by atoms with E-state index in [0.717, 1.165) is 9.35 Å². The average Bonchev–Trinajstić information content (AvgIpc) is 2.61. The molecule has 0 amide bonds. The van der Waals surface area contributed by atoms with E-state index in [1.165, 1.54) is 23.1 Å². The molecule has 0 saturated carbocycles. The first kappa shape index (κ1) is 12.4. The van der Waals surface area contributed by atoms with Crippen molar-refractivity contribution in [2.45, 2.75) is 24.2 Å². The van der Waals surface area contributed by atoms with Gasteiger partial charge in [-0.2, -0.15) is 0 Å². The molecule has 1 heterocycles. The number of ether oxygens (including phenoxy) is 1. The van der Waals surface area contributed by atoms with Crippen LogP contribution in [0.3, 0.4) is 0 Å². The van der Waals surface area contributed by atoms with Gasteiger partial charge in [-0.25, -0.2) is 0 Å². The lowest BCUT2D eigenvalue weighted by Gasteiger charge is -2.08. The molecule has 1 atom stereocenters. The molecule has 7 heteroatoms. The van der Waals surface area contributed by atoms with Crippen molar-refractivity contribution < 1.29 is 9.53 Å². The molecule has 0 spiro atoms. The fraction of sp³-hybridized carbons (Fsp3) is 0.625. The predicted molar refractivity (Wildman–Crippen MR) is 60.0 cm³/mol. The second-order valence-corrected chi connectivity index (χ2v) is 5.21. The van der Waals surface area contributed by atoms with Gasteiger partial charge in [0.2, 0.25) is 0 Å². The van der Waals surface area contributed by atoms with Gasteiger partial charge in [0.25, 0.3) is 0 Å². The molecule has 0 aromatic carbocycles. The molecule has 15 heavy (non-hydrogen) atoms. The van der Waals surface area contributed by atoms with Crippen LogP contribution in [0, 0.1) is 6.92 Å². The van der Waals surface area contributed by atoms with E-state index in [4.69, 9.17) is 10.5 Å². The predicted octanol–water partition coefficient (Wildman–Crippen LogP) is 0.829. The smallest absolute Gasteiger partial charge is 0.323 e. The van der Waals surface area contributed by atoms with Crippen LogP contribution < -0.4 is 5.73 Å². The van der Waals surface area contributed by atoms with Gasteiger partial charge in [0, 0.05) is 5.75 Å². The minimum absolute atomic E-state index is 0.356. The Hall–Kier alpha value is -0.660. The van der Waals surface area contributed by atoms with Crippen LogP contribution in [0.15, 0.2) is 4.34 Å². The molecule has 0 aliphatic heterocycles. The highest BCUT2D eigenvalue weighted by Crippen LogP contribution is 2.22. The summed E-state index contributed by atoms with van der Waals surface area (Å²) >= 11 is 2.91. The van der Waals surface area contributed by atoms with E-state index in [2.05, 4.69) is 10.2 Å². The number of carbonyl (C=O) groups excluding carboxylic acids is 1. The van der Waals surface area contributed by atoms with Gasteiger partial charge in [0.05, 0.1) is 6.61 Å². The highest BCUT2D eigenvalue weighted by Gasteiger charge is 2.15. The van der Waals surface area contributed by atoms with E-state index in [1.807, 2.05) is 6.92 Å². The van der Waals surface area contributed by atoms with Gasteiger partial charge in [-0.05, 0) is 13.8 Å². The summed E-state index contributed by atoms with van der Waals surface area (Å²) in [6, 6.07) is -0.598. The third-order valence-electron chi connectivity index (χ3n) is 1.48. The molecule has 0 bridgehead atoms. The quantitative estimate of drug-likeness (QED) is 0.613. The van der Waals surface area contributed by atoms with Crippen molar-refractivity contribution in [1.29, 1.82) is 0 Å². The minimum Gasteiger partial charge on any atom is -0.465 e. The molecule has 2 N–H and O–H groups in total. The molecule has 0 fully saturated rings. The van der Waals surface area contributed by atoms with Crippen molar-refractivity contribution >= 4 is 29.1 Å². The van der Waals surface area contributed by atoms with E-state index in [1.54, 1.807) is 6.92 Å². The maximum absolute atomic E-state index is 11.2. The van der Waals surface area contributed by atoms with Crippen LogP contribution in [-0.4, -0.2) is 34.6 Å². The zero-order chi connectivity index (χ0) is 11.3. The highest BCUT2D eigenvalue weighted by atomic mass is 32.2. The second kappa shape index (κ2) is 6.04. The van der Waals surface area contributed by atoms with Crippen molar-refractivity contribution in [2.24, 2.45) is 5.73 Å². The number of nitrogens with two attached hydrogens (primary N) is 1. The van der Waals surface area contributed by atoms with Gasteiger partial charge in [-0.3, -0.25) is 4.79 Å². The SMILES string of the molecule is CCOC(=O)C(N)CSc1nnc(C)s1. The maximum atomic E-state index is 11.2. The zero-order valence-electron chi connectivity index (χ0n) is 8.60. The third-order valence-corrected chi connectivity index (χ3v) is 3.57. The lowest BCUT2D eigenvalue weighted by atomic mass is 10.4. The van der Waals surface area contributed by atoms with Gasteiger partial charge in [0.15, 0.2) is 4.34 Å². The molecular weight excluding hydrogens is 234 g/mol. The molecule has 0 saturated heterocycles. The highest BCUT2D eigenvalue weighted by molar-refractivity contribution is 8.01. The fourth-order valence-corrected chi connectivity index (χ4v) is 2.59. The largest absolute Gasteiger partial charge is 0.465 e. The lowest BCUT2D eigenvalue weighted by molar-refractivity contribution is -0.144. The summed E-state index contributed by atoms with van der Waals surface area (Å²) in [5.41, 5.74) is 5.62. The number of aryl methyl sites for hydroxylation is 1. The van der Waals surface area contributed by atoms with Crippen molar-refractivity contribution in [3.63, 3.8) is 0 Å². The molecular formula is C8H13N3O2S2. The number of rotatable bonds is 5. The fourth-order valence-electron chi connectivity index (χ4n) is 0.815. The molecule has 0 radical (unpaired) electrons. The van der Waals surface area contributed by atoms with Gasteiger partial charge < -0.3 is 10.5 Å². The van der Waals surface area contributed by atoms with Gasteiger partial charge in [0.1, 0.15) is 11.0 Å². The molecule has 5 nitrogen and oxygen atoms in total. The Morgan fingerprint density at radius 2 is 2.40 bits per heavy atom. The van der Waals surface area contributed by atoms with E-state index >= 15 is 0 Å². The number of carbonyl (C=O) groups is 1.